The molecule has 1 fully saturated rings. The van der Waals surface area contributed by atoms with Gasteiger partial charge in [-0.1, -0.05) is 6.42 Å². The fourth-order valence-corrected chi connectivity index (χ4v) is 4.27. The molecule has 25 heavy (non-hydrogen) atoms. The number of carbonyl (C=O) groups excluding carboxylic acids is 1. The standard InChI is InChI=1S/C17H18FN3O3S/c18-16-7-6-14(25(23,24)21-9-2-1-3-10-21)11-15(16)17(22)20-13-5-4-8-19-12-13/h4-8,11-12H,1-3,9-10H2,(H,20,22). The average molecular weight is 363 g/mol. The Kier molecular flexibility index (Phi) is 5.10. The van der Waals surface area contributed by atoms with Crippen LogP contribution >= 0.6 is 0 Å². The number of sulfonamides is 1. The second kappa shape index (κ2) is 7.28. The quantitative estimate of drug-likeness (QED) is 0.906. The summed E-state index contributed by atoms with van der Waals surface area (Å²) in [7, 11) is -3.73. The molecule has 3 rings (SSSR count). The zero-order valence-electron chi connectivity index (χ0n) is 13.5. The van der Waals surface area contributed by atoms with Crippen LogP contribution in [0.2, 0.25) is 0 Å². The van der Waals surface area contributed by atoms with Crippen LogP contribution in [0.15, 0.2) is 47.6 Å². The number of anilines is 1. The first-order valence-electron chi connectivity index (χ1n) is 7.99. The SMILES string of the molecule is O=C(Nc1cccnc1)c1cc(S(=O)(=O)N2CCCCC2)ccc1F. The zero-order valence-corrected chi connectivity index (χ0v) is 14.3. The summed E-state index contributed by atoms with van der Waals surface area (Å²) in [6, 6.07) is 6.53. The average Bonchev–Trinajstić information content (AvgIpc) is 2.63. The lowest BCUT2D eigenvalue weighted by Gasteiger charge is -2.26. The number of benzene rings is 1. The van der Waals surface area contributed by atoms with Gasteiger partial charge in [-0.05, 0) is 43.2 Å². The Balaban J connectivity index is 1.88. The van der Waals surface area contributed by atoms with E-state index in [4.69, 9.17) is 0 Å². The molecule has 1 aliphatic heterocycles. The molecule has 0 spiro atoms. The minimum absolute atomic E-state index is 0.0767. The maximum atomic E-state index is 14.1. The second-order valence-electron chi connectivity index (χ2n) is 5.80. The number of hydrogen-bond acceptors (Lipinski definition) is 4. The van der Waals surface area contributed by atoms with E-state index in [0.717, 1.165) is 31.4 Å². The van der Waals surface area contributed by atoms with Crippen molar-refractivity contribution in [1.29, 1.82) is 0 Å². The van der Waals surface area contributed by atoms with Crippen molar-refractivity contribution in [2.75, 3.05) is 18.4 Å². The highest BCUT2D eigenvalue weighted by Gasteiger charge is 2.27. The topological polar surface area (TPSA) is 79.4 Å². The van der Waals surface area contributed by atoms with E-state index in [1.54, 1.807) is 18.3 Å². The highest BCUT2D eigenvalue weighted by molar-refractivity contribution is 7.89. The Bertz CT molecular complexity index is 866. The summed E-state index contributed by atoms with van der Waals surface area (Å²) in [6.45, 7) is 0.883. The van der Waals surface area contributed by atoms with Crippen molar-refractivity contribution in [1.82, 2.24) is 9.29 Å². The second-order valence-corrected chi connectivity index (χ2v) is 7.74. The van der Waals surface area contributed by atoms with Crippen LogP contribution in [-0.2, 0) is 10.0 Å². The molecule has 0 aliphatic carbocycles. The number of pyridine rings is 1. The number of hydrogen-bond donors (Lipinski definition) is 1. The predicted molar refractivity (Wildman–Crippen MR) is 91.2 cm³/mol. The Morgan fingerprint density at radius 2 is 1.92 bits per heavy atom. The number of halogens is 1. The number of piperidine rings is 1. The van der Waals surface area contributed by atoms with E-state index >= 15 is 0 Å². The maximum Gasteiger partial charge on any atom is 0.258 e. The van der Waals surface area contributed by atoms with E-state index in [1.165, 1.54) is 16.6 Å². The van der Waals surface area contributed by atoms with Crippen molar-refractivity contribution in [3.05, 3.63) is 54.1 Å². The predicted octanol–water partition coefficient (Wildman–Crippen LogP) is 2.65. The Morgan fingerprint density at radius 3 is 2.60 bits per heavy atom. The van der Waals surface area contributed by atoms with Gasteiger partial charge in [-0.25, -0.2) is 12.8 Å². The summed E-state index contributed by atoms with van der Waals surface area (Å²) >= 11 is 0. The molecule has 1 N–H and O–H groups in total. The molecule has 1 amide bonds. The van der Waals surface area contributed by atoms with Crippen LogP contribution in [0.1, 0.15) is 29.6 Å². The van der Waals surface area contributed by atoms with Gasteiger partial charge in [0, 0.05) is 19.3 Å². The Hall–Kier alpha value is -2.32. The van der Waals surface area contributed by atoms with Gasteiger partial charge in [0.2, 0.25) is 10.0 Å². The van der Waals surface area contributed by atoms with Gasteiger partial charge in [-0.3, -0.25) is 9.78 Å². The summed E-state index contributed by atoms with van der Waals surface area (Å²) in [4.78, 5) is 16.1. The molecule has 1 saturated heterocycles. The normalized spacial score (nSPS) is 15.7. The molecule has 0 bridgehead atoms. The maximum absolute atomic E-state index is 14.1. The fraction of sp³-hybridized carbons (Fsp3) is 0.294. The van der Waals surface area contributed by atoms with Gasteiger partial charge in [0.05, 0.1) is 22.3 Å². The number of nitrogens with zero attached hydrogens (tertiary/aromatic N) is 2. The van der Waals surface area contributed by atoms with Gasteiger partial charge >= 0.3 is 0 Å². The molecule has 1 aromatic heterocycles. The molecule has 1 aliphatic rings. The summed E-state index contributed by atoms with van der Waals surface area (Å²) < 4.78 is 40.8. The van der Waals surface area contributed by atoms with Gasteiger partial charge in [-0.2, -0.15) is 4.31 Å². The van der Waals surface area contributed by atoms with Gasteiger partial charge < -0.3 is 5.32 Å². The lowest BCUT2D eigenvalue weighted by molar-refractivity contribution is 0.102. The molecular weight excluding hydrogens is 345 g/mol. The van der Waals surface area contributed by atoms with Crippen molar-refractivity contribution in [2.45, 2.75) is 24.2 Å². The van der Waals surface area contributed by atoms with Crippen LogP contribution in [0.25, 0.3) is 0 Å². The molecule has 0 radical (unpaired) electrons. The van der Waals surface area contributed by atoms with Gasteiger partial charge in [0.25, 0.3) is 5.91 Å². The van der Waals surface area contributed by atoms with Crippen molar-refractivity contribution in [3.63, 3.8) is 0 Å². The first-order valence-corrected chi connectivity index (χ1v) is 9.43. The van der Waals surface area contributed by atoms with Crippen molar-refractivity contribution >= 4 is 21.6 Å². The van der Waals surface area contributed by atoms with Crippen LogP contribution < -0.4 is 5.32 Å². The molecule has 8 heteroatoms. The van der Waals surface area contributed by atoms with E-state index in [9.17, 15) is 17.6 Å². The number of amides is 1. The first kappa shape index (κ1) is 17.5. The monoisotopic (exact) mass is 363 g/mol. The van der Waals surface area contributed by atoms with Crippen molar-refractivity contribution in [2.24, 2.45) is 0 Å². The largest absolute Gasteiger partial charge is 0.320 e. The lowest BCUT2D eigenvalue weighted by Crippen LogP contribution is -2.35. The molecule has 0 saturated carbocycles. The smallest absolute Gasteiger partial charge is 0.258 e. The third-order valence-electron chi connectivity index (χ3n) is 4.05. The molecule has 1 aromatic carbocycles. The van der Waals surface area contributed by atoms with Gasteiger partial charge in [0.15, 0.2) is 0 Å². The van der Waals surface area contributed by atoms with Crippen LogP contribution in [0, 0.1) is 5.82 Å². The van der Waals surface area contributed by atoms with Crippen LogP contribution in [0.5, 0.6) is 0 Å². The summed E-state index contributed by atoms with van der Waals surface area (Å²) in [6.07, 6.45) is 5.56. The summed E-state index contributed by atoms with van der Waals surface area (Å²) in [5.41, 5.74) is 0.0816. The van der Waals surface area contributed by atoms with Crippen molar-refractivity contribution in [3.8, 4) is 0 Å². The van der Waals surface area contributed by atoms with E-state index in [2.05, 4.69) is 10.3 Å². The number of rotatable bonds is 4. The van der Waals surface area contributed by atoms with E-state index in [-0.39, 0.29) is 10.5 Å². The molecule has 132 valence electrons. The molecule has 0 atom stereocenters. The molecular formula is C17H18FN3O3S. The molecule has 0 unspecified atom stereocenters. The van der Waals surface area contributed by atoms with Crippen LogP contribution in [0.3, 0.4) is 0 Å². The molecule has 2 aromatic rings. The third kappa shape index (κ3) is 3.85. The Morgan fingerprint density at radius 1 is 1.16 bits per heavy atom. The summed E-state index contributed by atoms with van der Waals surface area (Å²) in [5.74, 6) is -1.50. The number of nitrogens with one attached hydrogen (secondary N) is 1. The highest BCUT2D eigenvalue weighted by atomic mass is 32.2. The van der Waals surface area contributed by atoms with E-state index in [0.29, 0.717) is 18.8 Å². The fourth-order valence-electron chi connectivity index (χ4n) is 2.73. The zero-order chi connectivity index (χ0) is 17.9. The molecule has 6 nitrogen and oxygen atoms in total. The number of aromatic nitrogens is 1. The first-order chi connectivity index (χ1) is 12.0. The van der Waals surface area contributed by atoms with Crippen molar-refractivity contribution < 1.29 is 17.6 Å². The van der Waals surface area contributed by atoms with Gasteiger partial charge in [-0.15, -0.1) is 0 Å². The Labute approximate surface area is 145 Å². The van der Waals surface area contributed by atoms with Crippen LogP contribution in [-0.4, -0.2) is 36.7 Å². The minimum atomic E-state index is -3.73. The van der Waals surface area contributed by atoms with Gasteiger partial charge in [0.1, 0.15) is 5.82 Å². The highest BCUT2D eigenvalue weighted by Crippen LogP contribution is 2.23. The lowest BCUT2D eigenvalue weighted by atomic mass is 10.2. The van der Waals surface area contributed by atoms with Crippen LogP contribution in [0.4, 0.5) is 10.1 Å². The number of carbonyl (C=O) groups is 1. The summed E-state index contributed by atoms with van der Waals surface area (Å²) in [5, 5.41) is 2.51. The van der Waals surface area contributed by atoms with E-state index in [1.807, 2.05) is 0 Å². The molecule has 2 heterocycles. The minimum Gasteiger partial charge on any atom is -0.320 e. The van der Waals surface area contributed by atoms with E-state index < -0.39 is 21.7 Å². The third-order valence-corrected chi connectivity index (χ3v) is 5.95.